The average molecular weight is 310 g/mol. The molecule has 1 aliphatic heterocycles. The van der Waals surface area contributed by atoms with Crippen LogP contribution in [0.2, 0.25) is 0 Å². The van der Waals surface area contributed by atoms with Crippen molar-refractivity contribution >= 4 is 11.6 Å². The molecule has 6 heteroatoms. The molecule has 3 rings (SSSR count). The summed E-state index contributed by atoms with van der Waals surface area (Å²) in [5.41, 5.74) is 2.25. The first-order valence-electron chi connectivity index (χ1n) is 7.48. The van der Waals surface area contributed by atoms with Crippen LogP contribution in [-0.2, 0) is 4.79 Å². The zero-order chi connectivity index (χ0) is 16.2. The van der Waals surface area contributed by atoms with Crippen molar-refractivity contribution in [2.75, 3.05) is 18.4 Å². The van der Waals surface area contributed by atoms with E-state index in [1.165, 1.54) is 0 Å². The smallest absolute Gasteiger partial charge is 0.271 e. The van der Waals surface area contributed by atoms with Gasteiger partial charge in [0.05, 0.1) is 6.04 Å². The molecule has 2 N–H and O–H groups in total. The summed E-state index contributed by atoms with van der Waals surface area (Å²) in [5.74, 6) is 0.00463. The van der Waals surface area contributed by atoms with Gasteiger partial charge in [0.1, 0.15) is 5.69 Å². The van der Waals surface area contributed by atoms with Crippen molar-refractivity contribution in [3.05, 3.63) is 59.3 Å². The van der Waals surface area contributed by atoms with Gasteiger partial charge >= 0.3 is 0 Å². The number of rotatable bonds is 4. The van der Waals surface area contributed by atoms with Crippen LogP contribution in [0.4, 0.5) is 5.69 Å². The van der Waals surface area contributed by atoms with Crippen LogP contribution in [0.15, 0.2) is 53.7 Å². The molecule has 23 heavy (non-hydrogen) atoms. The van der Waals surface area contributed by atoms with Crippen LogP contribution in [0, 0.1) is 0 Å². The van der Waals surface area contributed by atoms with Gasteiger partial charge < -0.3 is 15.2 Å². The Kier molecular flexibility index (Phi) is 4.23. The third kappa shape index (κ3) is 3.31. The van der Waals surface area contributed by atoms with Crippen molar-refractivity contribution in [2.24, 2.45) is 0 Å². The molecule has 1 fully saturated rings. The van der Waals surface area contributed by atoms with E-state index in [-0.39, 0.29) is 17.5 Å². The van der Waals surface area contributed by atoms with Gasteiger partial charge in [-0.1, -0.05) is 6.08 Å². The maximum absolute atomic E-state index is 12.0. The number of amides is 1. The summed E-state index contributed by atoms with van der Waals surface area (Å²) >= 11 is 0. The van der Waals surface area contributed by atoms with Gasteiger partial charge in [-0.05, 0) is 36.8 Å². The van der Waals surface area contributed by atoms with Crippen LogP contribution in [0.1, 0.15) is 6.92 Å². The van der Waals surface area contributed by atoms with Gasteiger partial charge in [0.25, 0.3) is 5.56 Å². The molecule has 0 saturated carbocycles. The fourth-order valence-electron chi connectivity index (χ4n) is 2.52. The Hall–Kier alpha value is -2.89. The quantitative estimate of drug-likeness (QED) is 0.842. The molecular weight excluding hydrogens is 292 g/mol. The SMILES string of the molecule is C/C=C/C(=O)N1CC(Nc2cc(-c3ccncc3)c[nH]c2=O)C1. The second-order valence-corrected chi connectivity index (χ2v) is 5.45. The summed E-state index contributed by atoms with van der Waals surface area (Å²) in [6.07, 6.45) is 8.39. The Labute approximate surface area is 133 Å². The number of hydrogen-bond acceptors (Lipinski definition) is 4. The maximum Gasteiger partial charge on any atom is 0.271 e. The zero-order valence-electron chi connectivity index (χ0n) is 12.8. The predicted octanol–water partition coefficient (Wildman–Crippen LogP) is 1.64. The van der Waals surface area contributed by atoms with E-state index < -0.39 is 0 Å². The molecule has 0 unspecified atom stereocenters. The third-order valence-electron chi connectivity index (χ3n) is 3.78. The van der Waals surface area contributed by atoms with Crippen LogP contribution in [0.5, 0.6) is 0 Å². The lowest BCUT2D eigenvalue weighted by Gasteiger charge is -2.39. The van der Waals surface area contributed by atoms with Crippen LogP contribution < -0.4 is 10.9 Å². The van der Waals surface area contributed by atoms with E-state index in [1.807, 2.05) is 25.1 Å². The molecule has 1 saturated heterocycles. The van der Waals surface area contributed by atoms with Crippen molar-refractivity contribution in [3.63, 3.8) is 0 Å². The lowest BCUT2D eigenvalue weighted by molar-refractivity contribution is -0.129. The summed E-state index contributed by atoms with van der Waals surface area (Å²) in [6, 6.07) is 5.69. The van der Waals surface area contributed by atoms with E-state index >= 15 is 0 Å². The minimum Gasteiger partial charge on any atom is -0.374 e. The maximum atomic E-state index is 12.0. The molecule has 118 valence electrons. The highest BCUT2D eigenvalue weighted by molar-refractivity contribution is 5.88. The topological polar surface area (TPSA) is 78.1 Å². The highest BCUT2D eigenvalue weighted by Crippen LogP contribution is 2.20. The number of pyridine rings is 2. The number of aromatic amines is 1. The van der Waals surface area contributed by atoms with Gasteiger partial charge in [0.2, 0.25) is 5.91 Å². The minimum absolute atomic E-state index is 0.00463. The summed E-state index contributed by atoms with van der Waals surface area (Å²) in [6.45, 7) is 3.02. The molecule has 1 aliphatic rings. The molecule has 3 heterocycles. The van der Waals surface area contributed by atoms with Gasteiger partial charge in [-0.25, -0.2) is 0 Å². The number of carbonyl (C=O) groups excluding carboxylic acids is 1. The minimum atomic E-state index is -0.166. The van der Waals surface area contributed by atoms with Gasteiger partial charge in [0, 0.05) is 37.2 Å². The molecule has 0 aliphatic carbocycles. The number of allylic oxidation sites excluding steroid dienone is 1. The lowest BCUT2D eigenvalue weighted by Crippen LogP contribution is -2.57. The fourth-order valence-corrected chi connectivity index (χ4v) is 2.52. The molecule has 2 aromatic heterocycles. The van der Waals surface area contributed by atoms with Gasteiger partial charge in [-0.3, -0.25) is 14.6 Å². The van der Waals surface area contributed by atoms with Gasteiger partial charge in [0.15, 0.2) is 0 Å². The number of H-pyrrole nitrogens is 1. The zero-order valence-corrected chi connectivity index (χ0v) is 12.8. The largest absolute Gasteiger partial charge is 0.374 e. The Morgan fingerprint density at radius 2 is 2.09 bits per heavy atom. The average Bonchev–Trinajstić information content (AvgIpc) is 2.53. The monoisotopic (exact) mass is 310 g/mol. The molecule has 0 atom stereocenters. The third-order valence-corrected chi connectivity index (χ3v) is 3.78. The summed E-state index contributed by atoms with van der Waals surface area (Å²) in [5, 5.41) is 3.21. The molecule has 0 spiro atoms. The lowest BCUT2D eigenvalue weighted by atomic mass is 10.1. The van der Waals surface area contributed by atoms with E-state index in [0.717, 1.165) is 11.1 Å². The Bertz CT molecular complexity index is 777. The van der Waals surface area contributed by atoms with E-state index in [4.69, 9.17) is 0 Å². The number of aromatic nitrogens is 2. The van der Waals surface area contributed by atoms with Crippen LogP contribution in [0.25, 0.3) is 11.1 Å². The van der Waals surface area contributed by atoms with E-state index in [1.54, 1.807) is 35.6 Å². The molecule has 1 amide bonds. The highest BCUT2D eigenvalue weighted by Gasteiger charge is 2.29. The van der Waals surface area contributed by atoms with E-state index in [0.29, 0.717) is 18.8 Å². The van der Waals surface area contributed by atoms with E-state index in [9.17, 15) is 9.59 Å². The Balaban J connectivity index is 1.70. The van der Waals surface area contributed by atoms with Gasteiger partial charge in [-0.15, -0.1) is 0 Å². The number of carbonyl (C=O) groups is 1. The molecular formula is C17H18N4O2. The molecule has 2 aromatic rings. The van der Waals surface area contributed by atoms with Crippen molar-refractivity contribution in [1.82, 2.24) is 14.9 Å². The first-order valence-corrected chi connectivity index (χ1v) is 7.48. The number of nitrogens with one attached hydrogen (secondary N) is 2. The summed E-state index contributed by atoms with van der Waals surface area (Å²) in [4.78, 5) is 32.1. The number of nitrogens with zero attached hydrogens (tertiary/aromatic N) is 2. The molecule has 0 bridgehead atoms. The van der Waals surface area contributed by atoms with E-state index in [2.05, 4.69) is 15.3 Å². The Morgan fingerprint density at radius 3 is 2.78 bits per heavy atom. The van der Waals surface area contributed by atoms with Crippen LogP contribution in [-0.4, -0.2) is 39.9 Å². The van der Waals surface area contributed by atoms with Crippen LogP contribution in [0.3, 0.4) is 0 Å². The summed E-state index contributed by atoms with van der Waals surface area (Å²) in [7, 11) is 0. The highest BCUT2D eigenvalue weighted by atomic mass is 16.2. The van der Waals surface area contributed by atoms with Crippen molar-refractivity contribution in [2.45, 2.75) is 13.0 Å². The van der Waals surface area contributed by atoms with Crippen molar-refractivity contribution < 1.29 is 4.79 Å². The number of hydrogen-bond donors (Lipinski definition) is 2. The predicted molar refractivity (Wildman–Crippen MR) is 89.1 cm³/mol. The first kappa shape index (κ1) is 15.0. The summed E-state index contributed by atoms with van der Waals surface area (Å²) < 4.78 is 0. The number of likely N-dealkylation sites (tertiary alicyclic amines) is 1. The van der Waals surface area contributed by atoms with Crippen molar-refractivity contribution in [1.29, 1.82) is 0 Å². The van der Waals surface area contributed by atoms with Crippen LogP contribution >= 0.6 is 0 Å². The first-order chi connectivity index (χ1) is 11.2. The fraction of sp³-hybridized carbons (Fsp3) is 0.235. The Morgan fingerprint density at radius 1 is 1.35 bits per heavy atom. The number of anilines is 1. The van der Waals surface area contributed by atoms with Gasteiger partial charge in [-0.2, -0.15) is 0 Å². The molecule has 0 radical (unpaired) electrons. The van der Waals surface area contributed by atoms with Crippen molar-refractivity contribution in [3.8, 4) is 11.1 Å². The standard InChI is InChI=1S/C17H18N4O2/c1-2-3-16(22)21-10-14(11-21)20-15-8-13(9-19-17(15)23)12-4-6-18-7-5-12/h2-9,14,20H,10-11H2,1H3,(H,19,23)/b3-2+. The molecule has 6 nitrogen and oxygen atoms in total. The second-order valence-electron chi connectivity index (χ2n) is 5.45. The second kappa shape index (κ2) is 6.48. The molecule has 0 aromatic carbocycles. The normalized spacial score (nSPS) is 14.7.